The van der Waals surface area contributed by atoms with Crippen LogP contribution in [0.3, 0.4) is 0 Å². The minimum atomic E-state index is -3.48. The van der Waals surface area contributed by atoms with Crippen molar-refractivity contribution >= 4 is 10.0 Å². The first-order valence-electron chi connectivity index (χ1n) is 5.67. The molecule has 1 saturated heterocycles. The van der Waals surface area contributed by atoms with E-state index in [4.69, 9.17) is 5.73 Å². The van der Waals surface area contributed by atoms with E-state index >= 15 is 0 Å². The van der Waals surface area contributed by atoms with Crippen molar-refractivity contribution in [2.45, 2.75) is 30.8 Å². The molecule has 1 aromatic heterocycles. The molecule has 0 saturated carbocycles. The van der Waals surface area contributed by atoms with Crippen molar-refractivity contribution in [2.75, 3.05) is 13.1 Å². The molecule has 0 spiro atoms. The van der Waals surface area contributed by atoms with E-state index in [1.807, 2.05) is 0 Å². The maximum atomic E-state index is 12.3. The van der Waals surface area contributed by atoms with Gasteiger partial charge in [-0.1, -0.05) is 0 Å². The first-order valence-corrected chi connectivity index (χ1v) is 7.11. The topological polar surface area (TPSA) is 81.2 Å². The normalized spacial score (nSPS) is 22.9. The van der Waals surface area contributed by atoms with Gasteiger partial charge < -0.3 is 10.3 Å². The van der Waals surface area contributed by atoms with Crippen molar-refractivity contribution in [1.82, 2.24) is 13.9 Å². The molecular formula is C10H18N4O2S. The summed E-state index contributed by atoms with van der Waals surface area (Å²) in [7, 11) is -1.69. The lowest BCUT2D eigenvalue weighted by Crippen LogP contribution is -2.45. The van der Waals surface area contributed by atoms with Gasteiger partial charge in [0.05, 0.1) is 0 Å². The fourth-order valence-corrected chi connectivity index (χ4v) is 3.54. The van der Waals surface area contributed by atoms with Gasteiger partial charge in [-0.3, -0.25) is 0 Å². The number of imidazole rings is 1. The van der Waals surface area contributed by atoms with E-state index in [-0.39, 0.29) is 11.1 Å². The Hall–Kier alpha value is -0.920. The Bertz CT molecular complexity index is 489. The van der Waals surface area contributed by atoms with Crippen molar-refractivity contribution < 1.29 is 8.42 Å². The quantitative estimate of drug-likeness (QED) is 0.799. The van der Waals surface area contributed by atoms with Gasteiger partial charge in [0, 0.05) is 32.4 Å². The standard InChI is InChI=1S/C10H18N4O2S/c1-8-12-10(7-13(8)2)17(15,16)14-5-3-4-9(11)6-14/h7,9H,3-6,11H2,1-2H3. The van der Waals surface area contributed by atoms with E-state index in [1.165, 1.54) is 4.31 Å². The average Bonchev–Trinajstić information content (AvgIpc) is 2.60. The maximum Gasteiger partial charge on any atom is 0.262 e. The fourth-order valence-electron chi connectivity index (χ4n) is 1.98. The van der Waals surface area contributed by atoms with E-state index in [1.54, 1.807) is 24.7 Å². The summed E-state index contributed by atoms with van der Waals surface area (Å²) in [6.07, 6.45) is 3.24. The predicted octanol–water partition coefficient (Wildman–Crippen LogP) is -0.160. The minimum absolute atomic E-state index is 0.0664. The molecule has 1 unspecified atom stereocenters. The lowest BCUT2D eigenvalue weighted by molar-refractivity contribution is 0.315. The van der Waals surface area contributed by atoms with Gasteiger partial charge in [-0.25, -0.2) is 13.4 Å². The monoisotopic (exact) mass is 258 g/mol. The summed E-state index contributed by atoms with van der Waals surface area (Å²) in [5, 5.41) is 0.117. The number of piperidine rings is 1. The van der Waals surface area contributed by atoms with Gasteiger partial charge in [-0.15, -0.1) is 0 Å². The molecule has 1 atom stereocenters. The SMILES string of the molecule is Cc1nc(S(=O)(=O)N2CCCC(N)C2)cn1C. The number of sulfonamides is 1. The first kappa shape index (κ1) is 12.5. The van der Waals surface area contributed by atoms with Crippen LogP contribution in [0.5, 0.6) is 0 Å². The summed E-state index contributed by atoms with van der Waals surface area (Å²) in [4.78, 5) is 4.07. The molecule has 0 bridgehead atoms. The van der Waals surface area contributed by atoms with Crippen LogP contribution >= 0.6 is 0 Å². The molecule has 0 aliphatic carbocycles. The van der Waals surface area contributed by atoms with Gasteiger partial charge in [0.15, 0.2) is 5.03 Å². The molecule has 1 fully saturated rings. The summed E-state index contributed by atoms with van der Waals surface area (Å²) >= 11 is 0. The lowest BCUT2D eigenvalue weighted by Gasteiger charge is -2.29. The average molecular weight is 258 g/mol. The number of aryl methyl sites for hydroxylation is 2. The van der Waals surface area contributed by atoms with Crippen molar-refractivity contribution in [3.8, 4) is 0 Å². The zero-order chi connectivity index (χ0) is 12.6. The van der Waals surface area contributed by atoms with E-state index in [0.717, 1.165) is 12.8 Å². The molecule has 1 aliphatic rings. The van der Waals surface area contributed by atoms with Gasteiger partial charge in [0.2, 0.25) is 0 Å². The number of nitrogens with two attached hydrogens (primary N) is 1. The molecule has 2 rings (SSSR count). The van der Waals surface area contributed by atoms with Crippen LogP contribution in [-0.2, 0) is 17.1 Å². The number of aromatic nitrogens is 2. The molecular weight excluding hydrogens is 240 g/mol. The zero-order valence-electron chi connectivity index (χ0n) is 10.1. The second-order valence-corrected chi connectivity index (χ2v) is 6.39. The van der Waals surface area contributed by atoms with E-state index in [2.05, 4.69) is 4.98 Å². The molecule has 0 aromatic carbocycles. The number of hydrogen-bond donors (Lipinski definition) is 1. The van der Waals surface area contributed by atoms with Crippen molar-refractivity contribution in [1.29, 1.82) is 0 Å². The Kier molecular flexibility index (Phi) is 3.24. The fraction of sp³-hybridized carbons (Fsp3) is 0.700. The molecule has 96 valence electrons. The van der Waals surface area contributed by atoms with Crippen LogP contribution in [0.25, 0.3) is 0 Å². The smallest absolute Gasteiger partial charge is 0.262 e. The summed E-state index contributed by atoms with van der Waals surface area (Å²) < 4.78 is 27.7. The Labute approximate surface area is 101 Å². The minimum Gasteiger partial charge on any atom is -0.337 e. The first-order chi connectivity index (χ1) is 7.91. The Morgan fingerprint density at radius 1 is 1.53 bits per heavy atom. The highest BCUT2D eigenvalue weighted by Crippen LogP contribution is 2.19. The zero-order valence-corrected chi connectivity index (χ0v) is 10.9. The van der Waals surface area contributed by atoms with Crippen LogP contribution in [0.2, 0.25) is 0 Å². The Morgan fingerprint density at radius 3 is 2.76 bits per heavy atom. The predicted molar refractivity (Wildman–Crippen MR) is 63.9 cm³/mol. The van der Waals surface area contributed by atoms with Crippen LogP contribution < -0.4 is 5.73 Å². The third kappa shape index (κ3) is 2.36. The van der Waals surface area contributed by atoms with Crippen LogP contribution in [0, 0.1) is 6.92 Å². The summed E-state index contributed by atoms with van der Waals surface area (Å²) in [6, 6.07) is -0.0664. The van der Waals surface area contributed by atoms with Gasteiger partial charge in [-0.05, 0) is 19.8 Å². The van der Waals surface area contributed by atoms with E-state index in [9.17, 15) is 8.42 Å². The molecule has 7 heteroatoms. The summed E-state index contributed by atoms with van der Waals surface area (Å²) in [5.41, 5.74) is 5.80. The Balaban J connectivity index is 2.29. The number of rotatable bonds is 2. The van der Waals surface area contributed by atoms with E-state index < -0.39 is 10.0 Å². The molecule has 2 heterocycles. The third-order valence-electron chi connectivity index (χ3n) is 3.11. The second-order valence-electron chi connectivity index (χ2n) is 4.50. The van der Waals surface area contributed by atoms with Gasteiger partial charge in [0.1, 0.15) is 5.82 Å². The van der Waals surface area contributed by atoms with Crippen LogP contribution in [0.4, 0.5) is 0 Å². The highest BCUT2D eigenvalue weighted by atomic mass is 32.2. The van der Waals surface area contributed by atoms with Gasteiger partial charge in [0.25, 0.3) is 10.0 Å². The van der Waals surface area contributed by atoms with Gasteiger partial charge in [-0.2, -0.15) is 4.31 Å². The molecule has 17 heavy (non-hydrogen) atoms. The third-order valence-corrected chi connectivity index (χ3v) is 4.85. The largest absolute Gasteiger partial charge is 0.337 e. The Morgan fingerprint density at radius 2 is 2.24 bits per heavy atom. The molecule has 1 aromatic rings. The van der Waals surface area contributed by atoms with Crippen LogP contribution in [-0.4, -0.2) is 41.4 Å². The molecule has 0 amide bonds. The maximum absolute atomic E-state index is 12.3. The van der Waals surface area contributed by atoms with E-state index in [0.29, 0.717) is 18.9 Å². The summed E-state index contributed by atoms with van der Waals surface area (Å²) in [5.74, 6) is 0.685. The second kappa shape index (κ2) is 4.40. The highest BCUT2D eigenvalue weighted by molar-refractivity contribution is 7.89. The number of hydrogen-bond acceptors (Lipinski definition) is 4. The van der Waals surface area contributed by atoms with Crippen molar-refractivity contribution in [2.24, 2.45) is 12.8 Å². The van der Waals surface area contributed by atoms with Crippen molar-refractivity contribution in [3.63, 3.8) is 0 Å². The van der Waals surface area contributed by atoms with Gasteiger partial charge >= 0.3 is 0 Å². The van der Waals surface area contributed by atoms with Crippen LogP contribution in [0.15, 0.2) is 11.2 Å². The molecule has 2 N–H and O–H groups in total. The van der Waals surface area contributed by atoms with Crippen molar-refractivity contribution in [3.05, 3.63) is 12.0 Å². The molecule has 1 aliphatic heterocycles. The highest BCUT2D eigenvalue weighted by Gasteiger charge is 2.30. The molecule has 6 nitrogen and oxygen atoms in total. The lowest BCUT2D eigenvalue weighted by atomic mass is 10.1. The van der Waals surface area contributed by atoms with Crippen LogP contribution in [0.1, 0.15) is 18.7 Å². The number of nitrogens with zero attached hydrogens (tertiary/aromatic N) is 3. The molecule has 0 radical (unpaired) electrons. The summed E-state index contributed by atoms with van der Waals surface area (Å²) in [6.45, 7) is 2.70.